The number of aromatic nitrogens is 2. The van der Waals surface area contributed by atoms with Crippen LogP contribution in [-0.2, 0) is 6.54 Å². The number of carbonyl (C=O) groups is 1. The predicted molar refractivity (Wildman–Crippen MR) is 68.6 cm³/mol. The average molecular weight is 279 g/mol. The van der Waals surface area contributed by atoms with Gasteiger partial charge in [0.15, 0.2) is 0 Å². The fraction of sp³-hybridized carbons (Fsp3) is 0.100. The van der Waals surface area contributed by atoms with Crippen LogP contribution in [0.3, 0.4) is 0 Å². The lowest BCUT2D eigenvalue weighted by atomic mass is 10.2. The van der Waals surface area contributed by atoms with Crippen molar-refractivity contribution in [3.63, 3.8) is 0 Å². The van der Waals surface area contributed by atoms with Crippen LogP contribution in [0.1, 0.15) is 15.4 Å². The molecular formula is C10H9N5O3S. The van der Waals surface area contributed by atoms with Crippen molar-refractivity contribution >= 4 is 28.1 Å². The van der Waals surface area contributed by atoms with Crippen molar-refractivity contribution in [2.24, 2.45) is 0 Å². The predicted octanol–water partition coefficient (Wildman–Crippen LogP) is 0.958. The van der Waals surface area contributed by atoms with E-state index in [1.165, 1.54) is 35.6 Å². The number of benzene rings is 1. The second-order valence-corrected chi connectivity index (χ2v) is 4.61. The molecule has 98 valence electrons. The van der Waals surface area contributed by atoms with E-state index in [9.17, 15) is 14.9 Å². The van der Waals surface area contributed by atoms with E-state index >= 15 is 0 Å². The van der Waals surface area contributed by atoms with E-state index in [0.717, 1.165) is 0 Å². The van der Waals surface area contributed by atoms with Crippen molar-refractivity contribution in [1.82, 2.24) is 15.5 Å². The van der Waals surface area contributed by atoms with Gasteiger partial charge in [0.05, 0.1) is 11.5 Å². The monoisotopic (exact) mass is 279 g/mol. The summed E-state index contributed by atoms with van der Waals surface area (Å²) in [4.78, 5) is 21.7. The van der Waals surface area contributed by atoms with Crippen LogP contribution >= 0.6 is 11.3 Å². The molecule has 8 nitrogen and oxygen atoms in total. The number of amides is 1. The number of nitrogens with zero attached hydrogens (tertiary/aromatic N) is 3. The highest BCUT2D eigenvalue weighted by molar-refractivity contribution is 7.15. The fourth-order valence-electron chi connectivity index (χ4n) is 1.33. The lowest BCUT2D eigenvalue weighted by Gasteiger charge is -2.02. The minimum Gasteiger partial charge on any atom is -0.374 e. The lowest BCUT2D eigenvalue weighted by molar-refractivity contribution is -0.384. The van der Waals surface area contributed by atoms with E-state index in [-0.39, 0.29) is 18.1 Å². The first-order chi connectivity index (χ1) is 9.06. The number of nitro benzene ring substituents is 1. The molecule has 0 spiro atoms. The van der Waals surface area contributed by atoms with Gasteiger partial charge in [-0.3, -0.25) is 14.9 Å². The van der Waals surface area contributed by atoms with E-state index in [0.29, 0.717) is 15.7 Å². The molecule has 0 aliphatic carbocycles. The first kappa shape index (κ1) is 12.9. The normalized spacial score (nSPS) is 10.1. The Morgan fingerprint density at radius 1 is 1.37 bits per heavy atom. The van der Waals surface area contributed by atoms with Crippen molar-refractivity contribution in [1.29, 1.82) is 0 Å². The average Bonchev–Trinajstić information content (AvgIpc) is 2.82. The molecule has 1 aromatic carbocycles. The number of non-ortho nitro benzene ring substituents is 1. The summed E-state index contributed by atoms with van der Waals surface area (Å²) < 4.78 is 0. The minimum atomic E-state index is -0.522. The first-order valence-electron chi connectivity index (χ1n) is 5.17. The number of nitro groups is 1. The van der Waals surface area contributed by atoms with E-state index in [4.69, 9.17) is 5.73 Å². The van der Waals surface area contributed by atoms with Crippen LogP contribution in [0.5, 0.6) is 0 Å². The highest BCUT2D eigenvalue weighted by Gasteiger charge is 2.10. The zero-order valence-electron chi connectivity index (χ0n) is 9.57. The van der Waals surface area contributed by atoms with Crippen LogP contribution in [0.2, 0.25) is 0 Å². The zero-order valence-corrected chi connectivity index (χ0v) is 10.4. The van der Waals surface area contributed by atoms with Crippen LogP contribution in [0.15, 0.2) is 24.3 Å². The molecule has 0 radical (unpaired) electrons. The van der Waals surface area contributed by atoms with Crippen LogP contribution in [0, 0.1) is 10.1 Å². The summed E-state index contributed by atoms with van der Waals surface area (Å²) in [6, 6.07) is 5.33. The van der Waals surface area contributed by atoms with Gasteiger partial charge >= 0.3 is 0 Å². The Morgan fingerprint density at radius 2 is 2.05 bits per heavy atom. The molecule has 0 fully saturated rings. The molecule has 3 N–H and O–H groups in total. The number of hydrogen-bond acceptors (Lipinski definition) is 7. The van der Waals surface area contributed by atoms with Crippen LogP contribution in [-0.4, -0.2) is 21.0 Å². The van der Waals surface area contributed by atoms with Gasteiger partial charge in [0.2, 0.25) is 5.13 Å². The van der Waals surface area contributed by atoms with Crippen molar-refractivity contribution in [2.45, 2.75) is 6.54 Å². The summed E-state index contributed by atoms with van der Waals surface area (Å²) in [5, 5.41) is 21.4. The number of nitrogens with one attached hydrogen (secondary N) is 1. The Kier molecular flexibility index (Phi) is 3.66. The maximum Gasteiger partial charge on any atom is 0.269 e. The summed E-state index contributed by atoms with van der Waals surface area (Å²) in [5.74, 6) is -0.344. The van der Waals surface area contributed by atoms with Gasteiger partial charge in [-0.05, 0) is 12.1 Å². The van der Waals surface area contributed by atoms with Crippen molar-refractivity contribution in [3.8, 4) is 0 Å². The van der Waals surface area contributed by atoms with Gasteiger partial charge in [0.1, 0.15) is 5.01 Å². The van der Waals surface area contributed by atoms with Crippen molar-refractivity contribution < 1.29 is 9.72 Å². The third-order valence-electron chi connectivity index (χ3n) is 2.22. The second kappa shape index (κ2) is 5.40. The van der Waals surface area contributed by atoms with Crippen LogP contribution in [0.4, 0.5) is 10.8 Å². The molecule has 2 rings (SSSR count). The van der Waals surface area contributed by atoms with Crippen molar-refractivity contribution in [2.75, 3.05) is 5.73 Å². The Balaban J connectivity index is 1.98. The first-order valence-corrected chi connectivity index (χ1v) is 5.98. The van der Waals surface area contributed by atoms with E-state index < -0.39 is 4.92 Å². The Bertz CT molecular complexity index is 610. The quantitative estimate of drug-likeness (QED) is 0.634. The third kappa shape index (κ3) is 3.22. The maximum absolute atomic E-state index is 11.8. The molecule has 19 heavy (non-hydrogen) atoms. The van der Waals surface area contributed by atoms with Gasteiger partial charge in [-0.2, -0.15) is 0 Å². The Morgan fingerprint density at radius 3 is 2.58 bits per heavy atom. The largest absolute Gasteiger partial charge is 0.374 e. The standard InChI is InChI=1S/C10H9N5O3S/c11-10-14-13-8(19-10)5-12-9(16)6-1-3-7(4-2-6)15(17)18/h1-4H,5H2,(H2,11,14)(H,12,16). The van der Waals surface area contributed by atoms with E-state index in [1.54, 1.807) is 0 Å². The summed E-state index contributed by atoms with van der Waals surface area (Å²) in [5.41, 5.74) is 5.68. The Labute approximate surface area is 111 Å². The van der Waals surface area contributed by atoms with Gasteiger partial charge in [-0.25, -0.2) is 0 Å². The highest BCUT2D eigenvalue weighted by Crippen LogP contribution is 2.13. The SMILES string of the molecule is Nc1nnc(CNC(=O)c2ccc([N+](=O)[O-])cc2)s1. The van der Waals surface area contributed by atoms with E-state index in [2.05, 4.69) is 15.5 Å². The molecule has 0 atom stereocenters. The molecule has 1 heterocycles. The molecular weight excluding hydrogens is 270 g/mol. The molecule has 9 heteroatoms. The smallest absolute Gasteiger partial charge is 0.269 e. The van der Waals surface area contributed by atoms with Gasteiger partial charge in [-0.1, -0.05) is 11.3 Å². The number of rotatable bonds is 4. The molecule has 0 aliphatic rings. The number of nitrogen functional groups attached to an aromatic ring is 1. The topological polar surface area (TPSA) is 124 Å². The summed E-state index contributed by atoms with van der Waals surface area (Å²) in [7, 11) is 0. The van der Waals surface area contributed by atoms with Crippen LogP contribution in [0.25, 0.3) is 0 Å². The molecule has 0 unspecified atom stereocenters. The zero-order chi connectivity index (χ0) is 13.8. The van der Waals surface area contributed by atoms with Gasteiger partial charge < -0.3 is 11.1 Å². The molecule has 1 aromatic heterocycles. The van der Waals surface area contributed by atoms with Crippen LogP contribution < -0.4 is 11.1 Å². The molecule has 1 amide bonds. The van der Waals surface area contributed by atoms with Gasteiger partial charge in [-0.15, -0.1) is 10.2 Å². The number of carbonyl (C=O) groups excluding carboxylic acids is 1. The number of nitrogens with two attached hydrogens (primary N) is 1. The van der Waals surface area contributed by atoms with Gasteiger partial charge in [0, 0.05) is 17.7 Å². The minimum absolute atomic E-state index is 0.0616. The Hall–Kier alpha value is -2.55. The number of anilines is 1. The van der Waals surface area contributed by atoms with Gasteiger partial charge in [0.25, 0.3) is 11.6 Å². The maximum atomic E-state index is 11.8. The molecule has 0 saturated carbocycles. The molecule has 2 aromatic rings. The summed E-state index contributed by atoms with van der Waals surface area (Å²) in [6.45, 7) is 0.213. The molecule has 0 saturated heterocycles. The van der Waals surface area contributed by atoms with E-state index in [1.807, 2.05) is 0 Å². The summed E-state index contributed by atoms with van der Waals surface area (Å²) in [6.07, 6.45) is 0. The third-order valence-corrected chi connectivity index (χ3v) is 2.98. The second-order valence-electron chi connectivity index (χ2n) is 3.52. The molecule has 0 aliphatic heterocycles. The molecule has 0 bridgehead atoms. The summed E-state index contributed by atoms with van der Waals surface area (Å²) >= 11 is 1.18. The lowest BCUT2D eigenvalue weighted by Crippen LogP contribution is -2.22. The fourth-order valence-corrected chi connectivity index (χ4v) is 1.88. The van der Waals surface area contributed by atoms with Crippen molar-refractivity contribution in [3.05, 3.63) is 45.0 Å². The highest BCUT2D eigenvalue weighted by atomic mass is 32.1. The number of hydrogen-bond donors (Lipinski definition) is 2.